The van der Waals surface area contributed by atoms with E-state index in [0.717, 1.165) is 6.42 Å². The first-order valence-corrected chi connectivity index (χ1v) is 4.45. The molecule has 3 atom stereocenters. The molecule has 2 heteroatoms. The molecule has 2 nitrogen and oxygen atoms in total. The number of cyclic esters (lactones) is 1. The van der Waals surface area contributed by atoms with Gasteiger partial charge in [0.1, 0.15) is 0 Å². The highest BCUT2D eigenvalue weighted by atomic mass is 16.5. The molecule has 62 valence electrons. The number of hydrogen-bond donors (Lipinski definition) is 0. The average Bonchev–Trinajstić information content (AvgIpc) is 2.34. The Morgan fingerprint density at radius 3 is 2.91 bits per heavy atom. The lowest BCUT2D eigenvalue weighted by molar-refractivity contribution is -0.156. The summed E-state index contributed by atoms with van der Waals surface area (Å²) in [6, 6.07) is 0. The van der Waals surface area contributed by atoms with Crippen molar-refractivity contribution < 1.29 is 9.53 Å². The second kappa shape index (κ2) is 2.50. The van der Waals surface area contributed by atoms with Gasteiger partial charge in [-0.15, -0.1) is 0 Å². The third-order valence-electron chi connectivity index (χ3n) is 3.12. The van der Waals surface area contributed by atoms with Gasteiger partial charge in [-0.05, 0) is 31.1 Å². The monoisotopic (exact) mass is 154 g/mol. The molecule has 1 heterocycles. The largest absolute Gasteiger partial charge is 0.465 e. The van der Waals surface area contributed by atoms with Crippen molar-refractivity contribution in [3.05, 3.63) is 0 Å². The normalized spacial score (nSPS) is 43.4. The quantitative estimate of drug-likeness (QED) is 0.495. The summed E-state index contributed by atoms with van der Waals surface area (Å²) < 4.78 is 5.02. The van der Waals surface area contributed by atoms with Crippen LogP contribution in [0.25, 0.3) is 0 Å². The van der Waals surface area contributed by atoms with Crippen LogP contribution < -0.4 is 0 Å². The van der Waals surface area contributed by atoms with E-state index in [4.69, 9.17) is 4.74 Å². The maximum absolute atomic E-state index is 11.3. The van der Waals surface area contributed by atoms with E-state index in [9.17, 15) is 4.79 Å². The topological polar surface area (TPSA) is 26.3 Å². The van der Waals surface area contributed by atoms with Crippen LogP contribution in [-0.4, -0.2) is 12.6 Å². The molecule has 1 saturated carbocycles. The SMILES string of the molecule is C[C@H]1CC[C@@H]2CCOC(=O)C21. The van der Waals surface area contributed by atoms with Gasteiger partial charge >= 0.3 is 5.97 Å². The minimum atomic E-state index is 0.0613. The lowest BCUT2D eigenvalue weighted by Crippen LogP contribution is -2.31. The van der Waals surface area contributed by atoms with Crippen LogP contribution in [0.2, 0.25) is 0 Å². The molecule has 2 rings (SSSR count). The second-order valence-corrected chi connectivity index (χ2v) is 3.80. The minimum absolute atomic E-state index is 0.0613. The number of hydrogen-bond acceptors (Lipinski definition) is 2. The molecule has 0 aromatic carbocycles. The molecule has 2 aliphatic rings. The zero-order valence-electron chi connectivity index (χ0n) is 6.88. The molecule has 0 radical (unpaired) electrons. The van der Waals surface area contributed by atoms with Crippen molar-refractivity contribution in [1.29, 1.82) is 0 Å². The van der Waals surface area contributed by atoms with Gasteiger partial charge in [0.2, 0.25) is 0 Å². The van der Waals surface area contributed by atoms with Crippen LogP contribution in [-0.2, 0) is 9.53 Å². The Kier molecular flexibility index (Phi) is 1.63. The van der Waals surface area contributed by atoms with Gasteiger partial charge in [0.15, 0.2) is 0 Å². The summed E-state index contributed by atoms with van der Waals surface area (Å²) in [5.74, 6) is 1.51. The Bertz CT molecular complexity index is 174. The van der Waals surface area contributed by atoms with E-state index >= 15 is 0 Å². The maximum atomic E-state index is 11.3. The Balaban J connectivity index is 2.14. The Labute approximate surface area is 66.9 Å². The Hall–Kier alpha value is -0.530. The van der Waals surface area contributed by atoms with Gasteiger partial charge in [-0.2, -0.15) is 0 Å². The standard InChI is InChI=1S/C9H14O2/c1-6-2-3-7-4-5-11-9(10)8(6)7/h6-8H,2-5H2,1H3/t6-,7+,8?/m0/s1. The average molecular weight is 154 g/mol. The molecule has 1 aliphatic heterocycles. The van der Waals surface area contributed by atoms with E-state index in [0.29, 0.717) is 18.4 Å². The molecule has 0 aromatic rings. The first-order chi connectivity index (χ1) is 5.29. The van der Waals surface area contributed by atoms with Gasteiger partial charge in [-0.3, -0.25) is 4.79 Å². The molecule has 0 bridgehead atoms. The van der Waals surface area contributed by atoms with E-state index in [1.54, 1.807) is 0 Å². The summed E-state index contributed by atoms with van der Waals surface area (Å²) in [5, 5.41) is 0. The van der Waals surface area contributed by atoms with Crippen molar-refractivity contribution in [1.82, 2.24) is 0 Å². The van der Waals surface area contributed by atoms with Crippen LogP contribution in [0.5, 0.6) is 0 Å². The van der Waals surface area contributed by atoms with Crippen LogP contribution in [0, 0.1) is 17.8 Å². The molecule has 1 unspecified atom stereocenters. The van der Waals surface area contributed by atoms with Gasteiger partial charge in [-0.1, -0.05) is 6.92 Å². The Morgan fingerprint density at radius 2 is 2.18 bits per heavy atom. The summed E-state index contributed by atoms with van der Waals surface area (Å²) in [6.45, 7) is 2.82. The summed E-state index contributed by atoms with van der Waals surface area (Å²) in [5.41, 5.74) is 0. The molecule has 0 spiro atoms. The summed E-state index contributed by atoms with van der Waals surface area (Å²) in [4.78, 5) is 11.3. The molecular formula is C9H14O2. The highest BCUT2D eigenvalue weighted by Crippen LogP contribution is 2.41. The van der Waals surface area contributed by atoms with Gasteiger partial charge < -0.3 is 4.74 Å². The zero-order chi connectivity index (χ0) is 7.84. The first kappa shape index (κ1) is 7.14. The fourth-order valence-corrected chi connectivity index (χ4v) is 2.46. The van der Waals surface area contributed by atoms with E-state index in [2.05, 4.69) is 6.92 Å². The number of ether oxygens (including phenoxy) is 1. The van der Waals surface area contributed by atoms with Crippen molar-refractivity contribution >= 4 is 5.97 Å². The van der Waals surface area contributed by atoms with E-state index in [1.165, 1.54) is 12.8 Å². The highest BCUT2D eigenvalue weighted by molar-refractivity contribution is 5.74. The molecule has 0 N–H and O–H groups in total. The molecular weight excluding hydrogens is 140 g/mol. The fraction of sp³-hybridized carbons (Fsp3) is 0.889. The van der Waals surface area contributed by atoms with Crippen LogP contribution in [0.3, 0.4) is 0 Å². The van der Waals surface area contributed by atoms with E-state index in [-0.39, 0.29) is 11.9 Å². The van der Waals surface area contributed by atoms with Crippen molar-refractivity contribution in [3.63, 3.8) is 0 Å². The van der Waals surface area contributed by atoms with Gasteiger partial charge in [0, 0.05) is 0 Å². The molecule has 0 aromatic heterocycles. The first-order valence-electron chi connectivity index (χ1n) is 4.45. The van der Waals surface area contributed by atoms with Crippen molar-refractivity contribution in [2.75, 3.05) is 6.61 Å². The van der Waals surface area contributed by atoms with Crippen LogP contribution in [0.15, 0.2) is 0 Å². The molecule has 0 amide bonds. The second-order valence-electron chi connectivity index (χ2n) is 3.80. The van der Waals surface area contributed by atoms with Crippen molar-refractivity contribution in [2.45, 2.75) is 26.2 Å². The van der Waals surface area contributed by atoms with Crippen LogP contribution in [0.4, 0.5) is 0 Å². The number of carbonyl (C=O) groups is 1. The predicted molar refractivity (Wildman–Crippen MR) is 41.0 cm³/mol. The van der Waals surface area contributed by atoms with E-state index in [1.807, 2.05) is 0 Å². The van der Waals surface area contributed by atoms with Gasteiger partial charge in [-0.25, -0.2) is 0 Å². The third kappa shape index (κ3) is 1.05. The van der Waals surface area contributed by atoms with Crippen LogP contribution >= 0.6 is 0 Å². The summed E-state index contributed by atoms with van der Waals surface area (Å²) in [7, 11) is 0. The molecule has 11 heavy (non-hydrogen) atoms. The van der Waals surface area contributed by atoms with Crippen molar-refractivity contribution in [2.24, 2.45) is 17.8 Å². The Morgan fingerprint density at radius 1 is 1.36 bits per heavy atom. The summed E-state index contributed by atoms with van der Waals surface area (Å²) >= 11 is 0. The molecule has 1 aliphatic carbocycles. The maximum Gasteiger partial charge on any atom is 0.309 e. The number of carbonyl (C=O) groups excluding carboxylic acids is 1. The van der Waals surface area contributed by atoms with Gasteiger partial charge in [0.25, 0.3) is 0 Å². The van der Waals surface area contributed by atoms with Gasteiger partial charge in [0.05, 0.1) is 12.5 Å². The van der Waals surface area contributed by atoms with Crippen molar-refractivity contribution in [3.8, 4) is 0 Å². The fourth-order valence-electron chi connectivity index (χ4n) is 2.46. The number of fused-ring (bicyclic) bond motifs is 1. The predicted octanol–water partition coefficient (Wildman–Crippen LogP) is 1.60. The number of rotatable bonds is 0. The number of esters is 1. The third-order valence-corrected chi connectivity index (χ3v) is 3.12. The smallest absolute Gasteiger partial charge is 0.309 e. The highest BCUT2D eigenvalue weighted by Gasteiger charge is 2.41. The van der Waals surface area contributed by atoms with E-state index < -0.39 is 0 Å². The lowest BCUT2D eigenvalue weighted by atomic mass is 9.87. The lowest BCUT2D eigenvalue weighted by Gasteiger charge is -2.26. The molecule has 1 saturated heterocycles. The molecule has 2 fully saturated rings. The zero-order valence-corrected chi connectivity index (χ0v) is 6.88. The minimum Gasteiger partial charge on any atom is -0.465 e. The van der Waals surface area contributed by atoms with Crippen LogP contribution in [0.1, 0.15) is 26.2 Å². The summed E-state index contributed by atoms with van der Waals surface area (Å²) in [6.07, 6.45) is 3.55.